The molecule has 0 radical (unpaired) electrons. The molecule has 1 aromatic carbocycles. The van der Waals surface area contributed by atoms with Crippen LogP contribution in [0.5, 0.6) is 0 Å². The van der Waals surface area contributed by atoms with Gasteiger partial charge in [0.15, 0.2) is 5.78 Å². The lowest BCUT2D eigenvalue weighted by Crippen LogP contribution is -2.19. The number of benzene rings is 1. The molecule has 0 aliphatic heterocycles. The van der Waals surface area contributed by atoms with Crippen LogP contribution in [0, 0.1) is 0 Å². The Morgan fingerprint density at radius 1 is 1.38 bits per heavy atom. The molecule has 1 atom stereocenters. The highest BCUT2D eigenvalue weighted by molar-refractivity contribution is 7.98. The Bertz CT molecular complexity index is 636. The van der Waals surface area contributed by atoms with Crippen molar-refractivity contribution in [3.05, 3.63) is 41.0 Å². The third kappa shape index (κ3) is 3.16. The van der Waals surface area contributed by atoms with E-state index in [4.69, 9.17) is 5.11 Å². The number of carboxylic acids is 1. The summed E-state index contributed by atoms with van der Waals surface area (Å²) in [6.07, 6.45) is 3.44. The number of hydrogen-bond acceptors (Lipinski definition) is 5. The minimum absolute atomic E-state index is 0.0478. The molecule has 110 valence electrons. The normalized spacial score (nSPS) is 15.6. The molecule has 0 aromatic heterocycles. The van der Waals surface area contributed by atoms with Crippen LogP contribution in [0.1, 0.15) is 22.3 Å². The lowest BCUT2D eigenvalue weighted by molar-refractivity contribution is -0.138. The van der Waals surface area contributed by atoms with Crippen LogP contribution in [0.15, 0.2) is 34.8 Å². The summed E-state index contributed by atoms with van der Waals surface area (Å²) >= 11 is 1.53. The molecule has 2 N–H and O–H groups in total. The van der Waals surface area contributed by atoms with Gasteiger partial charge in [-0.3, -0.25) is 9.79 Å². The van der Waals surface area contributed by atoms with E-state index in [1.54, 1.807) is 24.3 Å². The smallest absolute Gasteiger partial charge is 0.328 e. The monoisotopic (exact) mass is 305 g/mol. The Hall–Kier alpha value is -2.08. The van der Waals surface area contributed by atoms with Gasteiger partial charge in [-0.2, -0.15) is 11.8 Å². The van der Waals surface area contributed by atoms with Crippen LogP contribution < -0.4 is 0 Å². The van der Waals surface area contributed by atoms with E-state index < -0.39 is 12.0 Å². The van der Waals surface area contributed by atoms with Crippen molar-refractivity contribution in [3.63, 3.8) is 0 Å². The van der Waals surface area contributed by atoms with Crippen molar-refractivity contribution in [1.82, 2.24) is 0 Å². The van der Waals surface area contributed by atoms with E-state index in [0.29, 0.717) is 23.3 Å². The number of allylic oxidation sites excluding steroid dienone is 1. The Labute approximate surface area is 126 Å². The van der Waals surface area contributed by atoms with Gasteiger partial charge in [0.25, 0.3) is 0 Å². The number of aliphatic carboxylic acids is 1. The van der Waals surface area contributed by atoms with Crippen LogP contribution in [0.2, 0.25) is 0 Å². The number of hydrogen-bond donors (Lipinski definition) is 2. The number of carboxylic acid groups (broad SMARTS) is 1. The fourth-order valence-electron chi connectivity index (χ4n) is 2.06. The van der Waals surface area contributed by atoms with Crippen LogP contribution in [0.4, 0.5) is 0 Å². The van der Waals surface area contributed by atoms with Crippen LogP contribution in [0.25, 0.3) is 5.76 Å². The summed E-state index contributed by atoms with van der Waals surface area (Å²) in [5.41, 5.74) is 0.916. The van der Waals surface area contributed by atoms with Gasteiger partial charge in [0.05, 0.1) is 5.57 Å². The summed E-state index contributed by atoms with van der Waals surface area (Å²) < 4.78 is 0. The van der Waals surface area contributed by atoms with Crippen molar-refractivity contribution in [2.24, 2.45) is 4.99 Å². The van der Waals surface area contributed by atoms with Crippen molar-refractivity contribution >= 4 is 35.5 Å². The first-order valence-electron chi connectivity index (χ1n) is 6.38. The van der Waals surface area contributed by atoms with Gasteiger partial charge >= 0.3 is 5.97 Å². The van der Waals surface area contributed by atoms with E-state index in [1.165, 1.54) is 18.0 Å². The number of fused-ring (bicyclic) bond motifs is 1. The number of thioether (sulfide) groups is 1. The fourth-order valence-corrected chi connectivity index (χ4v) is 2.52. The minimum Gasteiger partial charge on any atom is -0.506 e. The van der Waals surface area contributed by atoms with Gasteiger partial charge in [0.2, 0.25) is 0 Å². The summed E-state index contributed by atoms with van der Waals surface area (Å²) in [6.45, 7) is 0. The number of carbonyl (C=O) groups excluding carboxylic acids is 1. The fraction of sp³-hybridized carbons (Fsp3) is 0.267. The summed E-state index contributed by atoms with van der Waals surface area (Å²) in [5, 5.41) is 19.1. The van der Waals surface area contributed by atoms with Gasteiger partial charge in [-0.15, -0.1) is 0 Å². The zero-order chi connectivity index (χ0) is 15.4. The highest BCUT2D eigenvalue weighted by atomic mass is 32.2. The summed E-state index contributed by atoms with van der Waals surface area (Å²) in [6, 6.07) is 5.79. The summed E-state index contributed by atoms with van der Waals surface area (Å²) in [4.78, 5) is 27.2. The van der Waals surface area contributed by atoms with Gasteiger partial charge in [-0.05, 0) is 18.4 Å². The van der Waals surface area contributed by atoms with Crippen LogP contribution >= 0.6 is 11.8 Å². The first-order chi connectivity index (χ1) is 10.1. The van der Waals surface area contributed by atoms with Crippen molar-refractivity contribution in [2.45, 2.75) is 12.5 Å². The molecule has 0 amide bonds. The van der Waals surface area contributed by atoms with E-state index in [0.717, 1.165) is 0 Å². The third-order valence-electron chi connectivity index (χ3n) is 3.19. The molecule has 5 nitrogen and oxygen atoms in total. The topological polar surface area (TPSA) is 87.0 Å². The quantitative estimate of drug-likeness (QED) is 0.788. The number of nitrogens with zero attached hydrogens (tertiary/aromatic N) is 1. The highest BCUT2D eigenvalue weighted by Crippen LogP contribution is 2.29. The number of ketones is 1. The van der Waals surface area contributed by atoms with Gasteiger partial charge in [-0.25, -0.2) is 4.79 Å². The molecular formula is C15H15NO4S. The molecule has 0 heterocycles. The molecule has 2 rings (SSSR count). The SMILES string of the molecule is CSCCC(N=CC1=C(O)c2ccccc2C1=O)C(=O)O. The molecule has 0 fully saturated rings. The lowest BCUT2D eigenvalue weighted by Gasteiger charge is -2.05. The van der Waals surface area contributed by atoms with Crippen molar-refractivity contribution in [2.75, 3.05) is 12.0 Å². The van der Waals surface area contributed by atoms with E-state index in [-0.39, 0.29) is 17.1 Å². The van der Waals surface area contributed by atoms with Crippen LogP contribution in [-0.4, -0.2) is 46.2 Å². The second kappa shape index (κ2) is 6.58. The molecule has 1 aliphatic rings. The molecule has 21 heavy (non-hydrogen) atoms. The molecule has 0 saturated carbocycles. The number of Topliss-reactive ketones (excluding diaryl/α,β-unsaturated/α-hetero) is 1. The number of carbonyl (C=O) groups is 2. The standard InChI is InChI=1S/C15H15NO4S/c1-21-7-6-12(15(19)20)16-8-11-13(17)9-4-2-3-5-10(9)14(11)18/h2-5,8,12,17H,6-7H2,1H3,(H,19,20). The maximum absolute atomic E-state index is 12.1. The predicted molar refractivity (Wildman–Crippen MR) is 83.2 cm³/mol. The average Bonchev–Trinajstić information content (AvgIpc) is 2.72. The van der Waals surface area contributed by atoms with Crippen LogP contribution in [-0.2, 0) is 4.79 Å². The molecule has 1 unspecified atom stereocenters. The van der Waals surface area contributed by atoms with E-state index >= 15 is 0 Å². The van der Waals surface area contributed by atoms with Crippen LogP contribution in [0.3, 0.4) is 0 Å². The van der Waals surface area contributed by atoms with Crippen molar-refractivity contribution in [3.8, 4) is 0 Å². The maximum atomic E-state index is 12.1. The Morgan fingerprint density at radius 3 is 2.62 bits per heavy atom. The first kappa shape index (κ1) is 15.3. The number of aliphatic imine (C=N–C) groups is 1. The Balaban J connectivity index is 2.23. The van der Waals surface area contributed by atoms with Gasteiger partial charge in [0, 0.05) is 17.3 Å². The van der Waals surface area contributed by atoms with Crippen molar-refractivity contribution in [1.29, 1.82) is 0 Å². The van der Waals surface area contributed by atoms with E-state index in [9.17, 15) is 14.7 Å². The Kier molecular flexibility index (Phi) is 4.80. The Morgan fingerprint density at radius 2 is 2.05 bits per heavy atom. The number of aliphatic hydroxyl groups excluding tert-OH is 1. The molecular weight excluding hydrogens is 290 g/mol. The average molecular weight is 305 g/mol. The number of rotatable bonds is 6. The van der Waals surface area contributed by atoms with Gasteiger partial charge < -0.3 is 10.2 Å². The van der Waals surface area contributed by atoms with Gasteiger partial charge in [0.1, 0.15) is 11.8 Å². The van der Waals surface area contributed by atoms with E-state index in [2.05, 4.69) is 4.99 Å². The summed E-state index contributed by atoms with van der Waals surface area (Å²) in [5.74, 6) is -0.856. The predicted octanol–water partition coefficient (Wildman–Crippen LogP) is 2.43. The highest BCUT2D eigenvalue weighted by Gasteiger charge is 2.28. The molecule has 0 spiro atoms. The second-order valence-electron chi connectivity index (χ2n) is 4.55. The molecule has 0 saturated heterocycles. The zero-order valence-corrected chi connectivity index (χ0v) is 12.3. The number of aliphatic hydroxyl groups is 1. The first-order valence-corrected chi connectivity index (χ1v) is 7.78. The van der Waals surface area contributed by atoms with Gasteiger partial charge in [-0.1, -0.05) is 24.3 Å². The third-order valence-corrected chi connectivity index (χ3v) is 3.83. The molecule has 1 aromatic rings. The molecule has 6 heteroatoms. The zero-order valence-electron chi connectivity index (χ0n) is 11.4. The lowest BCUT2D eigenvalue weighted by atomic mass is 10.1. The van der Waals surface area contributed by atoms with Crippen molar-refractivity contribution < 1.29 is 19.8 Å². The summed E-state index contributed by atoms with van der Waals surface area (Å²) in [7, 11) is 0. The molecule has 0 bridgehead atoms. The molecule has 1 aliphatic carbocycles. The second-order valence-corrected chi connectivity index (χ2v) is 5.54. The van der Waals surface area contributed by atoms with E-state index in [1.807, 2.05) is 6.26 Å². The minimum atomic E-state index is -1.04. The largest absolute Gasteiger partial charge is 0.506 e. The maximum Gasteiger partial charge on any atom is 0.328 e.